The van der Waals surface area contributed by atoms with Crippen molar-refractivity contribution in [3.05, 3.63) is 65.5 Å². The van der Waals surface area contributed by atoms with Gasteiger partial charge in [-0.05, 0) is 37.1 Å². The number of nitrogens with one attached hydrogen (secondary N) is 1. The minimum absolute atomic E-state index is 0.0736. The molecule has 0 unspecified atom stereocenters. The molecule has 3 aromatic rings. The molecule has 1 aliphatic rings. The molecule has 1 atom stereocenters. The van der Waals surface area contributed by atoms with Crippen LogP contribution in [0.1, 0.15) is 40.7 Å². The van der Waals surface area contributed by atoms with Crippen molar-refractivity contribution in [2.75, 3.05) is 6.61 Å². The number of hydrogen-bond acceptors (Lipinski definition) is 5. The number of nitrogens with zero attached hydrogens (tertiary/aromatic N) is 2. The highest BCUT2D eigenvalue weighted by Crippen LogP contribution is 2.31. The van der Waals surface area contributed by atoms with E-state index in [-0.39, 0.29) is 11.9 Å². The third kappa shape index (κ3) is 3.31. The fraction of sp³-hybridized carbons (Fsp3) is 0.250. The summed E-state index contributed by atoms with van der Waals surface area (Å²) >= 11 is 0. The van der Waals surface area contributed by atoms with E-state index in [0.29, 0.717) is 24.0 Å². The maximum atomic E-state index is 12.8. The lowest BCUT2D eigenvalue weighted by Gasteiger charge is -2.18. The molecule has 1 amide bonds. The molecule has 26 heavy (non-hydrogen) atoms. The average molecular weight is 349 g/mol. The fourth-order valence-electron chi connectivity index (χ4n) is 3.12. The molecule has 0 fully saturated rings. The van der Waals surface area contributed by atoms with Crippen molar-refractivity contribution in [2.24, 2.45) is 0 Å². The van der Waals surface area contributed by atoms with Gasteiger partial charge in [0, 0.05) is 23.6 Å². The molecule has 0 radical (unpaired) electrons. The summed E-state index contributed by atoms with van der Waals surface area (Å²) in [5, 5.41) is 11.0. The van der Waals surface area contributed by atoms with Crippen LogP contribution in [-0.4, -0.2) is 22.7 Å². The van der Waals surface area contributed by atoms with Gasteiger partial charge in [0.25, 0.3) is 5.91 Å². The lowest BCUT2D eigenvalue weighted by Crippen LogP contribution is -2.28. The molecule has 2 heterocycles. The molecule has 0 saturated heterocycles. The molecular weight excluding hydrogens is 330 g/mol. The minimum atomic E-state index is -0.134. The highest BCUT2D eigenvalue weighted by Gasteiger charge is 2.22. The second-order valence-corrected chi connectivity index (χ2v) is 6.26. The van der Waals surface area contributed by atoms with Crippen molar-refractivity contribution in [3.8, 4) is 17.2 Å². The Balaban J connectivity index is 1.57. The van der Waals surface area contributed by atoms with E-state index >= 15 is 0 Å². The van der Waals surface area contributed by atoms with E-state index < -0.39 is 0 Å². The Morgan fingerprint density at radius 2 is 2.04 bits per heavy atom. The molecule has 132 valence electrons. The smallest absolute Gasteiger partial charge is 0.251 e. The van der Waals surface area contributed by atoms with E-state index in [1.165, 1.54) is 0 Å². The molecule has 0 saturated carbocycles. The topological polar surface area (TPSA) is 77.2 Å². The maximum absolute atomic E-state index is 12.8. The van der Waals surface area contributed by atoms with E-state index in [0.717, 1.165) is 29.7 Å². The Morgan fingerprint density at radius 1 is 1.15 bits per heavy atom. The Labute approximate surface area is 151 Å². The minimum Gasteiger partial charge on any atom is -0.493 e. The van der Waals surface area contributed by atoms with Gasteiger partial charge in [-0.25, -0.2) is 0 Å². The van der Waals surface area contributed by atoms with Gasteiger partial charge in [0.15, 0.2) is 0 Å². The number of fused-ring (bicyclic) bond motifs is 1. The van der Waals surface area contributed by atoms with Gasteiger partial charge in [-0.3, -0.25) is 4.79 Å². The summed E-state index contributed by atoms with van der Waals surface area (Å²) in [5.41, 5.74) is 2.30. The molecule has 6 nitrogen and oxygen atoms in total. The van der Waals surface area contributed by atoms with E-state index in [1.54, 1.807) is 19.1 Å². The molecule has 0 bridgehead atoms. The zero-order valence-corrected chi connectivity index (χ0v) is 14.4. The van der Waals surface area contributed by atoms with Crippen LogP contribution in [0, 0.1) is 6.92 Å². The van der Waals surface area contributed by atoms with Gasteiger partial charge in [-0.2, -0.15) is 0 Å². The fourth-order valence-corrected chi connectivity index (χ4v) is 3.12. The van der Waals surface area contributed by atoms with E-state index in [4.69, 9.17) is 9.15 Å². The molecule has 0 aliphatic carbocycles. The standard InChI is InChI=1S/C20H19N3O3/c1-13-22-23-20(26-13)15-7-4-6-14(12-15)19(24)21-17-9-5-11-25-18-10-3-2-8-16(17)18/h2-4,6-8,10,12,17H,5,9,11H2,1H3,(H,21,24)/t17-/m0/s1. The van der Waals surface area contributed by atoms with Crippen LogP contribution in [0.2, 0.25) is 0 Å². The lowest BCUT2D eigenvalue weighted by atomic mass is 10.0. The van der Waals surface area contributed by atoms with Crippen LogP contribution in [0.25, 0.3) is 11.5 Å². The van der Waals surface area contributed by atoms with Crippen molar-refractivity contribution in [1.29, 1.82) is 0 Å². The zero-order valence-electron chi connectivity index (χ0n) is 14.4. The number of aromatic nitrogens is 2. The first-order valence-corrected chi connectivity index (χ1v) is 8.64. The Bertz CT molecular complexity index is 935. The highest BCUT2D eigenvalue weighted by atomic mass is 16.5. The van der Waals surface area contributed by atoms with Crippen molar-refractivity contribution in [2.45, 2.75) is 25.8 Å². The van der Waals surface area contributed by atoms with Crippen molar-refractivity contribution < 1.29 is 13.9 Å². The largest absolute Gasteiger partial charge is 0.493 e. The molecular formula is C20H19N3O3. The number of rotatable bonds is 3. The van der Waals surface area contributed by atoms with Gasteiger partial charge < -0.3 is 14.5 Å². The second-order valence-electron chi connectivity index (χ2n) is 6.26. The summed E-state index contributed by atoms with van der Waals surface area (Å²) in [4.78, 5) is 12.8. The van der Waals surface area contributed by atoms with Gasteiger partial charge in [0.2, 0.25) is 11.8 Å². The van der Waals surface area contributed by atoms with Crippen LogP contribution in [-0.2, 0) is 0 Å². The van der Waals surface area contributed by atoms with Gasteiger partial charge in [0.1, 0.15) is 5.75 Å². The van der Waals surface area contributed by atoms with Crippen LogP contribution in [0.3, 0.4) is 0 Å². The van der Waals surface area contributed by atoms with Crippen molar-refractivity contribution >= 4 is 5.91 Å². The third-order valence-corrected chi connectivity index (χ3v) is 4.39. The highest BCUT2D eigenvalue weighted by molar-refractivity contribution is 5.95. The molecule has 1 N–H and O–H groups in total. The van der Waals surface area contributed by atoms with Gasteiger partial charge in [-0.1, -0.05) is 24.3 Å². The first-order valence-electron chi connectivity index (χ1n) is 8.64. The van der Waals surface area contributed by atoms with E-state index in [1.807, 2.05) is 36.4 Å². The number of carbonyl (C=O) groups is 1. The molecule has 1 aliphatic heterocycles. The quantitative estimate of drug-likeness (QED) is 0.780. The maximum Gasteiger partial charge on any atom is 0.251 e. The number of para-hydroxylation sites is 1. The summed E-state index contributed by atoms with van der Waals surface area (Å²) in [5.74, 6) is 1.60. The van der Waals surface area contributed by atoms with Crippen molar-refractivity contribution in [3.63, 3.8) is 0 Å². The summed E-state index contributed by atoms with van der Waals surface area (Å²) < 4.78 is 11.2. The normalized spacial score (nSPS) is 16.3. The zero-order chi connectivity index (χ0) is 17.9. The Morgan fingerprint density at radius 3 is 2.88 bits per heavy atom. The number of hydrogen-bond donors (Lipinski definition) is 1. The number of ether oxygens (including phenoxy) is 1. The Kier molecular flexibility index (Phi) is 4.39. The predicted molar refractivity (Wildman–Crippen MR) is 95.8 cm³/mol. The predicted octanol–water partition coefficient (Wildman–Crippen LogP) is 3.69. The SMILES string of the molecule is Cc1nnc(-c2cccc(C(=O)N[C@H]3CCCOc4ccccc43)c2)o1. The van der Waals surface area contributed by atoms with Crippen LogP contribution >= 0.6 is 0 Å². The molecule has 6 heteroatoms. The molecule has 0 spiro atoms. The molecule has 4 rings (SSSR count). The van der Waals surface area contributed by atoms with Gasteiger partial charge in [0.05, 0.1) is 12.6 Å². The Hall–Kier alpha value is -3.15. The monoisotopic (exact) mass is 349 g/mol. The second kappa shape index (κ2) is 7.00. The van der Waals surface area contributed by atoms with Crippen LogP contribution in [0.4, 0.5) is 0 Å². The first-order chi connectivity index (χ1) is 12.7. The van der Waals surface area contributed by atoms with Gasteiger partial charge in [-0.15, -0.1) is 10.2 Å². The van der Waals surface area contributed by atoms with Crippen LogP contribution < -0.4 is 10.1 Å². The van der Waals surface area contributed by atoms with E-state index in [2.05, 4.69) is 15.5 Å². The van der Waals surface area contributed by atoms with Crippen molar-refractivity contribution in [1.82, 2.24) is 15.5 Å². The first kappa shape index (κ1) is 16.3. The van der Waals surface area contributed by atoms with Gasteiger partial charge >= 0.3 is 0 Å². The molecule has 2 aromatic carbocycles. The number of benzene rings is 2. The lowest BCUT2D eigenvalue weighted by molar-refractivity contribution is 0.0934. The summed E-state index contributed by atoms with van der Waals surface area (Å²) in [6.07, 6.45) is 1.73. The number of carbonyl (C=O) groups excluding carboxylic acids is 1. The van der Waals surface area contributed by atoms with E-state index in [9.17, 15) is 4.79 Å². The average Bonchev–Trinajstić information content (AvgIpc) is 3.00. The summed E-state index contributed by atoms with van der Waals surface area (Å²) in [6, 6.07) is 15.0. The molecule has 1 aromatic heterocycles. The van der Waals surface area contributed by atoms with Crippen LogP contribution in [0.15, 0.2) is 52.9 Å². The summed E-state index contributed by atoms with van der Waals surface area (Å²) in [7, 11) is 0. The third-order valence-electron chi connectivity index (χ3n) is 4.39. The summed E-state index contributed by atoms with van der Waals surface area (Å²) in [6.45, 7) is 2.40. The number of aryl methyl sites for hydroxylation is 1. The van der Waals surface area contributed by atoms with Crippen LogP contribution in [0.5, 0.6) is 5.75 Å². The number of amides is 1.